The van der Waals surface area contributed by atoms with Crippen LogP contribution >= 0.6 is 0 Å². The lowest BCUT2D eigenvalue weighted by Crippen LogP contribution is -2.32. The molecule has 1 atom stereocenters. The number of hydrogen-bond acceptors (Lipinski definition) is 3. The van der Waals surface area contributed by atoms with Crippen LogP contribution in [0.4, 0.5) is 5.69 Å². The van der Waals surface area contributed by atoms with Gasteiger partial charge in [0.05, 0.1) is 23.8 Å². The van der Waals surface area contributed by atoms with Crippen molar-refractivity contribution in [3.05, 3.63) is 78.8 Å². The molecule has 4 aromatic rings. The van der Waals surface area contributed by atoms with Crippen LogP contribution < -0.4 is 10.2 Å². The minimum Gasteiger partial charge on any atom is -0.350 e. The number of carbonyl (C=O) groups is 2. The Morgan fingerprint density at radius 3 is 2.79 bits per heavy atom. The number of pyridine rings is 1. The summed E-state index contributed by atoms with van der Waals surface area (Å²) >= 11 is 0. The van der Waals surface area contributed by atoms with Gasteiger partial charge in [-0.25, -0.2) is 4.98 Å². The lowest BCUT2D eigenvalue weighted by Gasteiger charge is -2.19. The number of aromatic nitrogens is 2. The average Bonchev–Trinajstić information content (AvgIpc) is 3.34. The molecule has 1 N–H and O–H groups in total. The summed E-state index contributed by atoms with van der Waals surface area (Å²) in [5.74, 6) is -0.495. The average molecular weight is 384 g/mol. The van der Waals surface area contributed by atoms with Crippen LogP contribution in [0.5, 0.6) is 0 Å². The first-order valence-electron chi connectivity index (χ1n) is 9.67. The molecule has 0 spiro atoms. The van der Waals surface area contributed by atoms with Gasteiger partial charge < -0.3 is 14.6 Å². The van der Waals surface area contributed by atoms with Crippen molar-refractivity contribution in [1.82, 2.24) is 14.7 Å². The van der Waals surface area contributed by atoms with Crippen molar-refractivity contribution >= 4 is 33.9 Å². The number of rotatable bonds is 4. The zero-order valence-electron chi connectivity index (χ0n) is 15.8. The van der Waals surface area contributed by atoms with Gasteiger partial charge in [0.15, 0.2) is 0 Å². The Balaban J connectivity index is 1.30. The Hall–Kier alpha value is -3.67. The second-order valence-electron chi connectivity index (χ2n) is 7.32. The van der Waals surface area contributed by atoms with Gasteiger partial charge in [-0.1, -0.05) is 42.5 Å². The van der Waals surface area contributed by atoms with Gasteiger partial charge in [-0.3, -0.25) is 9.59 Å². The molecule has 1 aliphatic rings. The third-order valence-electron chi connectivity index (χ3n) is 5.41. The van der Waals surface area contributed by atoms with Crippen molar-refractivity contribution in [2.75, 3.05) is 11.4 Å². The highest BCUT2D eigenvalue weighted by Gasteiger charge is 2.35. The molecule has 29 heavy (non-hydrogen) atoms. The molecule has 0 unspecified atom stereocenters. The van der Waals surface area contributed by atoms with Gasteiger partial charge in [-0.2, -0.15) is 0 Å². The maximum absolute atomic E-state index is 12.7. The van der Waals surface area contributed by atoms with E-state index in [1.54, 1.807) is 4.90 Å². The normalized spacial score (nSPS) is 16.6. The quantitative estimate of drug-likeness (QED) is 0.588. The fourth-order valence-corrected chi connectivity index (χ4v) is 3.95. The fourth-order valence-electron chi connectivity index (χ4n) is 3.95. The number of anilines is 1. The van der Waals surface area contributed by atoms with E-state index in [-0.39, 0.29) is 24.2 Å². The van der Waals surface area contributed by atoms with Gasteiger partial charge in [0, 0.05) is 30.7 Å². The van der Waals surface area contributed by atoms with E-state index in [4.69, 9.17) is 0 Å². The maximum Gasteiger partial charge on any atom is 0.227 e. The lowest BCUT2D eigenvalue weighted by molar-refractivity contribution is -0.126. The highest BCUT2D eigenvalue weighted by Crippen LogP contribution is 2.31. The number of nitrogens with zero attached hydrogens (tertiary/aromatic N) is 3. The van der Waals surface area contributed by atoms with Gasteiger partial charge in [0.25, 0.3) is 0 Å². The van der Waals surface area contributed by atoms with Crippen LogP contribution in [0.3, 0.4) is 0 Å². The van der Waals surface area contributed by atoms with Crippen molar-refractivity contribution in [3.63, 3.8) is 0 Å². The molecule has 0 bridgehead atoms. The summed E-state index contributed by atoms with van der Waals surface area (Å²) < 4.78 is 1.92. The number of imidazole rings is 1. The van der Waals surface area contributed by atoms with E-state index in [1.165, 1.54) is 0 Å². The van der Waals surface area contributed by atoms with E-state index >= 15 is 0 Å². The van der Waals surface area contributed by atoms with Crippen LogP contribution in [0.1, 0.15) is 12.1 Å². The van der Waals surface area contributed by atoms with Crippen LogP contribution in [0, 0.1) is 5.92 Å². The van der Waals surface area contributed by atoms with Crippen LogP contribution in [0.2, 0.25) is 0 Å². The summed E-state index contributed by atoms with van der Waals surface area (Å²) in [4.78, 5) is 31.6. The number of hydrogen-bond donors (Lipinski definition) is 1. The Bertz CT molecular complexity index is 1190. The third kappa shape index (κ3) is 3.23. The fraction of sp³-hybridized carbons (Fsp3) is 0.174. The first-order chi connectivity index (χ1) is 14.2. The number of amides is 2. The number of fused-ring (bicyclic) bond motifs is 2. The van der Waals surface area contributed by atoms with E-state index in [0.29, 0.717) is 13.1 Å². The van der Waals surface area contributed by atoms with Crippen LogP contribution in [-0.4, -0.2) is 27.7 Å². The largest absolute Gasteiger partial charge is 0.350 e. The van der Waals surface area contributed by atoms with Crippen molar-refractivity contribution in [2.24, 2.45) is 5.92 Å². The molecule has 2 aromatic heterocycles. The lowest BCUT2D eigenvalue weighted by atomic mass is 10.1. The zero-order chi connectivity index (χ0) is 19.8. The Morgan fingerprint density at radius 2 is 1.90 bits per heavy atom. The van der Waals surface area contributed by atoms with E-state index in [2.05, 4.69) is 10.3 Å². The van der Waals surface area contributed by atoms with E-state index in [9.17, 15) is 9.59 Å². The molecule has 1 aliphatic heterocycles. The Kier molecular flexibility index (Phi) is 4.24. The first kappa shape index (κ1) is 17.4. The number of nitrogens with one attached hydrogen (secondary N) is 1. The number of benzene rings is 2. The highest BCUT2D eigenvalue weighted by molar-refractivity contribution is 6.06. The van der Waals surface area contributed by atoms with Crippen molar-refractivity contribution in [2.45, 2.75) is 13.0 Å². The van der Waals surface area contributed by atoms with Gasteiger partial charge >= 0.3 is 0 Å². The summed E-state index contributed by atoms with van der Waals surface area (Å²) in [5.41, 5.74) is 2.50. The van der Waals surface area contributed by atoms with Crippen LogP contribution in [0.25, 0.3) is 16.4 Å². The molecular formula is C23H20N4O2. The standard InChI is InChI=1S/C23H20N4O2/c28-22-12-17(14-27(22)20-9-5-7-16-6-1-2-8-19(16)20)23(29)24-13-18-15-26-11-4-3-10-21(26)25-18/h1-11,15,17H,12-14H2,(H,24,29)/t17-/m1/s1. The summed E-state index contributed by atoms with van der Waals surface area (Å²) in [6.45, 7) is 0.739. The van der Waals surface area contributed by atoms with Crippen molar-refractivity contribution in [1.29, 1.82) is 0 Å². The molecule has 6 heteroatoms. The predicted octanol–water partition coefficient (Wildman–Crippen LogP) is 3.16. The minimum atomic E-state index is -0.363. The van der Waals surface area contributed by atoms with Crippen molar-refractivity contribution < 1.29 is 9.59 Å². The van der Waals surface area contributed by atoms with E-state index < -0.39 is 0 Å². The maximum atomic E-state index is 12.7. The van der Waals surface area contributed by atoms with Gasteiger partial charge in [0.2, 0.25) is 11.8 Å². The molecule has 2 amide bonds. The second kappa shape index (κ2) is 7.05. The summed E-state index contributed by atoms with van der Waals surface area (Å²) in [5, 5.41) is 5.04. The highest BCUT2D eigenvalue weighted by atomic mass is 16.2. The molecule has 144 valence electrons. The third-order valence-corrected chi connectivity index (χ3v) is 5.41. The molecule has 0 radical (unpaired) electrons. The van der Waals surface area contributed by atoms with Gasteiger partial charge in [0.1, 0.15) is 5.65 Å². The zero-order valence-corrected chi connectivity index (χ0v) is 15.8. The molecule has 1 saturated heterocycles. The first-order valence-corrected chi connectivity index (χ1v) is 9.67. The topological polar surface area (TPSA) is 66.7 Å². The molecule has 1 fully saturated rings. The van der Waals surface area contributed by atoms with Crippen LogP contribution in [0.15, 0.2) is 73.1 Å². The van der Waals surface area contributed by atoms with Crippen LogP contribution in [-0.2, 0) is 16.1 Å². The second-order valence-corrected chi connectivity index (χ2v) is 7.32. The summed E-state index contributed by atoms with van der Waals surface area (Å²) in [6.07, 6.45) is 4.05. The minimum absolute atomic E-state index is 0.0192. The molecule has 6 nitrogen and oxygen atoms in total. The molecule has 3 heterocycles. The predicted molar refractivity (Wildman–Crippen MR) is 111 cm³/mol. The SMILES string of the molecule is O=C(NCc1cn2ccccc2n1)[C@@H]1CC(=O)N(c2cccc3ccccc23)C1. The molecular weight excluding hydrogens is 364 g/mol. The summed E-state index contributed by atoms with van der Waals surface area (Å²) in [7, 11) is 0. The molecule has 5 rings (SSSR count). The van der Waals surface area contributed by atoms with Crippen molar-refractivity contribution in [3.8, 4) is 0 Å². The summed E-state index contributed by atoms with van der Waals surface area (Å²) in [6, 6.07) is 19.7. The monoisotopic (exact) mass is 384 g/mol. The number of carbonyl (C=O) groups excluding carboxylic acids is 2. The van der Waals surface area contributed by atoms with Gasteiger partial charge in [-0.05, 0) is 23.6 Å². The Labute approximate surface area is 167 Å². The van der Waals surface area contributed by atoms with E-state index in [1.807, 2.05) is 77.5 Å². The molecule has 2 aromatic carbocycles. The molecule has 0 saturated carbocycles. The van der Waals surface area contributed by atoms with E-state index in [0.717, 1.165) is 27.8 Å². The van der Waals surface area contributed by atoms with Gasteiger partial charge in [-0.15, -0.1) is 0 Å². The smallest absolute Gasteiger partial charge is 0.227 e. The Morgan fingerprint density at radius 1 is 1.07 bits per heavy atom. The molecule has 0 aliphatic carbocycles.